The number of alkyl carbamates (subject to hydrolysis) is 2. The molecular weight excluding hydrogens is 756 g/mol. The molecule has 0 bridgehead atoms. The Labute approximate surface area is 338 Å². The maximum absolute atomic E-state index is 12.4. The van der Waals surface area contributed by atoms with Gasteiger partial charge in [-0.3, -0.25) is 0 Å². The molecule has 0 saturated carbocycles. The molecule has 0 aliphatic carbocycles. The van der Waals surface area contributed by atoms with E-state index >= 15 is 0 Å². The van der Waals surface area contributed by atoms with E-state index in [0.29, 0.717) is 23.0 Å². The summed E-state index contributed by atoms with van der Waals surface area (Å²) in [5.74, 6) is 1.30. The lowest BCUT2D eigenvalue weighted by Crippen LogP contribution is -2.36. The predicted octanol–water partition coefficient (Wildman–Crippen LogP) is 5.06. The number of rotatable bonds is 28. The normalized spacial score (nSPS) is 11.5. The number of amides is 2. The first-order chi connectivity index (χ1) is 28.1. The van der Waals surface area contributed by atoms with Crippen LogP contribution >= 0.6 is 0 Å². The molecular formula is C42H52N2O14. The Morgan fingerprint density at radius 3 is 1.21 bits per heavy atom. The summed E-state index contributed by atoms with van der Waals surface area (Å²) in [7, 11) is 0. The summed E-state index contributed by atoms with van der Waals surface area (Å²) in [6, 6.07) is 25.1. The van der Waals surface area contributed by atoms with Crippen molar-refractivity contribution in [1.29, 1.82) is 0 Å². The molecule has 16 nitrogen and oxygen atoms in total. The highest BCUT2D eigenvalue weighted by molar-refractivity contribution is 5.87. The molecule has 3 rings (SSSR count). The van der Waals surface area contributed by atoms with Crippen LogP contribution in [-0.2, 0) is 38.0 Å². The molecule has 0 aliphatic heterocycles. The molecule has 2 unspecified atom stereocenters. The van der Waals surface area contributed by atoms with Crippen LogP contribution in [0, 0.1) is 0 Å². The number of benzene rings is 3. The zero-order chi connectivity index (χ0) is 41.8. The second kappa shape index (κ2) is 27.4. The van der Waals surface area contributed by atoms with Crippen molar-refractivity contribution in [2.24, 2.45) is 0 Å². The minimum absolute atomic E-state index is 0.0338. The third kappa shape index (κ3) is 20.6. The van der Waals surface area contributed by atoms with Crippen LogP contribution in [0.3, 0.4) is 0 Å². The van der Waals surface area contributed by atoms with Gasteiger partial charge in [-0.15, -0.1) is 0 Å². The van der Waals surface area contributed by atoms with Crippen LogP contribution in [-0.4, -0.2) is 115 Å². The molecule has 16 heteroatoms. The van der Waals surface area contributed by atoms with Crippen molar-refractivity contribution in [1.82, 2.24) is 10.6 Å². The van der Waals surface area contributed by atoms with Crippen LogP contribution in [0.5, 0.6) is 23.0 Å². The summed E-state index contributed by atoms with van der Waals surface area (Å²) >= 11 is 0. The molecule has 2 amide bonds. The Balaban J connectivity index is 1.34. The van der Waals surface area contributed by atoms with Crippen molar-refractivity contribution in [2.75, 3.05) is 79.2 Å². The van der Waals surface area contributed by atoms with Crippen molar-refractivity contribution < 1.29 is 66.5 Å². The molecule has 3 aromatic rings. The quantitative estimate of drug-likeness (QED) is 0.0429. The number of carbonyl (C=O) groups is 4. The molecule has 3 aromatic carbocycles. The summed E-state index contributed by atoms with van der Waals surface area (Å²) in [5, 5.41) is 5.06. The van der Waals surface area contributed by atoms with Crippen molar-refractivity contribution >= 4 is 24.1 Å². The van der Waals surface area contributed by atoms with E-state index in [4.69, 9.17) is 47.4 Å². The Morgan fingerprint density at radius 1 is 0.483 bits per heavy atom. The summed E-state index contributed by atoms with van der Waals surface area (Å²) in [4.78, 5) is 47.7. The van der Waals surface area contributed by atoms with Crippen molar-refractivity contribution in [3.8, 4) is 23.0 Å². The lowest BCUT2D eigenvalue weighted by Gasteiger charge is -2.19. The van der Waals surface area contributed by atoms with Crippen LogP contribution in [0.15, 0.2) is 109 Å². The first-order valence-electron chi connectivity index (χ1n) is 18.5. The monoisotopic (exact) mass is 808 g/mol. The largest absolute Gasteiger partial charge is 0.491 e. The third-order valence-electron chi connectivity index (χ3n) is 7.24. The highest BCUT2D eigenvalue weighted by Crippen LogP contribution is 2.18. The average Bonchev–Trinajstić information content (AvgIpc) is 3.22. The number of nitrogens with one attached hydrogen (secondary N) is 2. The summed E-state index contributed by atoms with van der Waals surface area (Å²) in [5.41, 5.74) is 0.521. The SMILES string of the molecule is C=C(C)C(=O)OCCNC(=O)OC(COCCOc1ccc(OCCOCC(COc2ccccc2)OC(=O)NCCOC(=O)C(=C)C)cc1)COc1ccccc1. The first-order valence-corrected chi connectivity index (χ1v) is 18.5. The van der Waals surface area contributed by atoms with E-state index < -0.39 is 36.3 Å². The fourth-order valence-corrected chi connectivity index (χ4v) is 4.37. The zero-order valence-electron chi connectivity index (χ0n) is 32.9. The second-order valence-corrected chi connectivity index (χ2v) is 12.3. The Hall–Kier alpha value is -6.26. The summed E-state index contributed by atoms with van der Waals surface area (Å²) in [6.07, 6.45) is -2.91. The maximum Gasteiger partial charge on any atom is 0.407 e. The highest BCUT2D eigenvalue weighted by atomic mass is 16.6. The van der Waals surface area contributed by atoms with Crippen LogP contribution in [0.25, 0.3) is 0 Å². The van der Waals surface area contributed by atoms with Crippen LogP contribution in [0.4, 0.5) is 9.59 Å². The first kappa shape index (κ1) is 46.1. The third-order valence-corrected chi connectivity index (χ3v) is 7.24. The summed E-state index contributed by atoms with van der Waals surface area (Å²) in [6.45, 7) is 11.1. The Bertz CT molecular complexity index is 1560. The van der Waals surface area contributed by atoms with E-state index in [1.54, 1.807) is 48.5 Å². The molecule has 0 fully saturated rings. The van der Waals surface area contributed by atoms with Gasteiger partial charge in [-0.05, 0) is 62.4 Å². The average molecular weight is 809 g/mol. The van der Waals surface area contributed by atoms with E-state index in [1.165, 1.54) is 13.8 Å². The van der Waals surface area contributed by atoms with E-state index in [-0.39, 0.29) is 90.3 Å². The smallest absolute Gasteiger partial charge is 0.407 e. The van der Waals surface area contributed by atoms with Crippen molar-refractivity contribution in [3.05, 3.63) is 109 Å². The van der Waals surface area contributed by atoms with Crippen LogP contribution < -0.4 is 29.6 Å². The van der Waals surface area contributed by atoms with Crippen molar-refractivity contribution in [2.45, 2.75) is 26.1 Å². The molecule has 314 valence electrons. The molecule has 2 atom stereocenters. The highest BCUT2D eigenvalue weighted by Gasteiger charge is 2.18. The molecule has 0 aromatic heterocycles. The van der Waals surface area contributed by atoms with Crippen molar-refractivity contribution in [3.63, 3.8) is 0 Å². The summed E-state index contributed by atoms with van der Waals surface area (Å²) < 4.78 is 55.4. The standard InChI is InChI=1S/C42H52N2O14/c1-31(2)39(45)53-21-19-43-41(47)57-37(29-55-33-11-7-5-8-12-33)27-49-23-25-51-35-15-17-36(18-16-35)52-26-24-50-28-38(30-56-34-13-9-6-10-14-34)58-42(48)44-20-22-54-40(46)32(3)4/h5-18,37-38H,1,3,19-30H2,2,4H3,(H,43,47)(H,44,48). The van der Waals surface area contributed by atoms with Gasteiger partial charge >= 0.3 is 24.1 Å². The zero-order valence-corrected chi connectivity index (χ0v) is 32.9. The number of esters is 2. The number of para-hydroxylation sites is 2. The fourth-order valence-electron chi connectivity index (χ4n) is 4.37. The molecule has 58 heavy (non-hydrogen) atoms. The van der Waals surface area contributed by atoms with E-state index in [1.807, 2.05) is 36.4 Å². The Morgan fingerprint density at radius 2 is 0.845 bits per heavy atom. The lowest BCUT2D eigenvalue weighted by molar-refractivity contribution is -0.139. The van der Waals surface area contributed by atoms with Gasteiger partial charge in [-0.1, -0.05) is 49.6 Å². The molecule has 0 spiro atoms. The number of hydrogen-bond acceptors (Lipinski definition) is 14. The molecule has 0 saturated heterocycles. The van der Waals surface area contributed by atoms with Crippen LogP contribution in [0.1, 0.15) is 13.8 Å². The van der Waals surface area contributed by atoms with E-state index in [0.717, 1.165) is 0 Å². The van der Waals surface area contributed by atoms with Gasteiger partial charge in [0, 0.05) is 11.1 Å². The molecule has 2 N–H and O–H groups in total. The van der Waals surface area contributed by atoms with Gasteiger partial charge in [-0.2, -0.15) is 0 Å². The molecule has 0 radical (unpaired) electrons. The Kier molecular flexibility index (Phi) is 21.8. The number of hydrogen-bond donors (Lipinski definition) is 2. The van der Waals surface area contributed by atoms with Gasteiger partial charge in [0.15, 0.2) is 12.2 Å². The van der Waals surface area contributed by atoms with Gasteiger partial charge in [-0.25, -0.2) is 19.2 Å². The minimum Gasteiger partial charge on any atom is -0.491 e. The van der Waals surface area contributed by atoms with E-state index in [2.05, 4.69) is 23.8 Å². The second-order valence-electron chi connectivity index (χ2n) is 12.3. The van der Waals surface area contributed by atoms with Gasteiger partial charge in [0.1, 0.15) is 62.6 Å². The van der Waals surface area contributed by atoms with E-state index in [9.17, 15) is 19.2 Å². The van der Waals surface area contributed by atoms with Gasteiger partial charge in [0.2, 0.25) is 0 Å². The molecule has 0 aliphatic rings. The van der Waals surface area contributed by atoms with Crippen LogP contribution in [0.2, 0.25) is 0 Å². The number of ether oxygens (including phenoxy) is 10. The topological polar surface area (TPSA) is 185 Å². The maximum atomic E-state index is 12.4. The predicted molar refractivity (Wildman–Crippen MR) is 211 cm³/mol. The van der Waals surface area contributed by atoms with Gasteiger partial charge in [0.05, 0.1) is 39.5 Å². The lowest BCUT2D eigenvalue weighted by atomic mass is 10.3. The van der Waals surface area contributed by atoms with Gasteiger partial charge in [0.25, 0.3) is 0 Å². The molecule has 0 heterocycles. The van der Waals surface area contributed by atoms with Gasteiger partial charge < -0.3 is 58.0 Å². The number of carbonyl (C=O) groups excluding carboxylic acids is 4. The fraction of sp³-hybridized carbons (Fsp3) is 0.381. The minimum atomic E-state index is -0.740.